The Morgan fingerprint density at radius 3 is 2.68 bits per heavy atom. The van der Waals surface area contributed by atoms with Crippen LogP contribution in [0.4, 0.5) is 11.4 Å². The average molecular weight is 336 g/mol. The molecule has 0 atom stereocenters. The van der Waals surface area contributed by atoms with Gasteiger partial charge in [-0.1, -0.05) is 18.2 Å². The van der Waals surface area contributed by atoms with Gasteiger partial charge in [-0.25, -0.2) is 4.98 Å². The molecule has 2 aromatic rings. The van der Waals surface area contributed by atoms with Crippen LogP contribution in [0.1, 0.15) is 16.1 Å². The first-order chi connectivity index (χ1) is 12.2. The molecule has 0 saturated carbocycles. The summed E-state index contributed by atoms with van der Waals surface area (Å²) in [4.78, 5) is 21.1. The number of nitrogens with zero attached hydrogens (tertiary/aromatic N) is 3. The molecule has 25 heavy (non-hydrogen) atoms. The maximum absolute atomic E-state index is 12.6. The number of aryl methyl sites for hydroxylation is 1. The molecule has 1 saturated heterocycles. The third-order valence-electron chi connectivity index (χ3n) is 4.37. The number of nitrogens with one attached hydrogen (secondary N) is 1. The number of benzene rings is 1. The van der Waals surface area contributed by atoms with E-state index in [0.29, 0.717) is 25.3 Å². The fourth-order valence-electron chi connectivity index (χ4n) is 2.97. The number of carbonyl (C=O) groups is 1. The van der Waals surface area contributed by atoms with Crippen LogP contribution in [0, 0.1) is 6.92 Å². The lowest BCUT2D eigenvalue weighted by atomic mass is 10.2. The number of hydrogen-bond acceptors (Lipinski definition) is 4. The number of hydrogen-bond donors (Lipinski definition) is 1. The number of carbonyl (C=O) groups excluding carboxylic acids is 1. The number of piperazine rings is 1. The molecule has 5 nitrogen and oxygen atoms in total. The zero-order valence-electron chi connectivity index (χ0n) is 14.6. The lowest BCUT2D eigenvalue weighted by molar-refractivity contribution is 0.0741. The molecule has 0 radical (unpaired) electrons. The van der Waals surface area contributed by atoms with E-state index in [4.69, 9.17) is 0 Å². The molecule has 130 valence electrons. The van der Waals surface area contributed by atoms with Crippen LogP contribution < -0.4 is 10.2 Å². The Morgan fingerprint density at radius 1 is 1.24 bits per heavy atom. The molecule has 2 heterocycles. The highest BCUT2D eigenvalue weighted by molar-refractivity contribution is 5.92. The minimum atomic E-state index is -0.000775. The van der Waals surface area contributed by atoms with Gasteiger partial charge in [-0.3, -0.25) is 4.79 Å². The predicted octanol–water partition coefficient (Wildman–Crippen LogP) is 2.95. The second-order valence-electron chi connectivity index (χ2n) is 6.22. The Bertz CT molecular complexity index is 734. The van der Waals surface area contributed by atoms with E-state index in [2.05, 4.69) is 53.0 Å². The van der Waals surface area contributed by atoms with E-state index in [1.54, 1.807) is 18.3 Å². The van der Waals surface area contributed by atoms with E-state index in [-0.39, 0.29) is 5.91 Å². The maximum Gasteiger partial charge on any atom is 0.272 e. The summed E-state index contributed by atoms with van der Waals surface area (Å²) in [6.45, 7) is 9.55. The molecule has 1 aromatic heterocycles. The summed E-state index contributed by atoms with van der Waals surface area (Å²) in [5, 5.41) is 3.16. The highest BCUT2D eigenvalue weighted by atomic mass is 16.2. The Kier molecular flexibility index (Phi) is 5.33. The monoisotopic (exact) mass is 336 g/mol. The molecule has 1 aliphatic rings. The van der Waals surface area contributed by atoms with Gasteiger partial charge >= 0.3 is 0 Å². The normalized spacial score (nSPS) is 14.3. The zero-order valence-corrected chi connectivity index (χ0v) is 14.6. The first kappa shape index (κ1) is 17.0. The largest absolute Gasteiger partial charge is 0.380 e. The van der Waals surface area contributed by atoms with E-state index in [0.717, 1.165) is 18.8 Å². The summed E-state index contributed by atoms with van der Waals surface area (Å²) < 4.78 is 0. The molecular weight excluding hydrogens is 312 g/mol. The molecule has 1 fully saturated rings. The highest BCUT2D eigenvalue weighted by Crippen LogP contribution is 2.18. The van der Waals surface area contributed by atoms with Gasteiger partial charge in [-0.2, -0.15) is 0 Å². The van der Waals surface area contributed by atoms with Crippen molar-refractivity contribution in [3.8, 4) is 0 Å². The SMILES string of the molecule is C=CCNc1ccc(C(=O)N2CCN(c3cccc(C)c3)CC2)nc1. The topological polar surface area (TPSA) is 48.5 Å². The molecule has 1 amide bonds. The summed E-state index contributed by atoms with van der Waals surface area (Å²) in [6, 6.07) is 12.2. The third kappa shape index (κ3) is 4.18. The summed E-state index contributed by atoms with van der Waals surface area (Å²) in [7, 11) is 0. The van der Waals surface area contributed by atoms with Crippen molar-refractivity contribution >= 4 is 17.3 Å². The van der Waals surface area contributed by atoms with Crippen LogP contribution in [0.15, 0.2) is 55.3 Å². The Morgan fingerprint density at radius 2 is 2.04 bits per heavy atom. The number of amides is 1. The molecule has 0 bridgehead atoms. The molecule has 1 N–H and O–H groups in total. The quantitative estimate of drug-likeness (QED) is 0.853. The van der Waals surface area contributed by atoms with E-state index in [9.17, 15) is 4.79 Å². The fourth-order valence-corrected chi connectivity index (χ4v) is 2.97. The third-order valence-corrected chi connectivity index (χ3v) is 4.37. The van der Waals surface area contributed by atoms with Crippen molar-refractivity contribution in [2.45, 2.75) is 6.92 Å². The first-order valence-electron chi connectivity index (χ1n) is 8.59. The van der Waals surface area contributed by atoms with E-state index < -0.39 is 0 Å². The smallest absolute Gasteiger partial charge is 0.272 e. The predicted molar refractivity (Wildman–Crippen MR) is 102 cm³/mol. The fraction of sp³-hybridized carbons (Fsp3) is 0.300. The van der Waals surface area contributed by atoms with E-state index in [1.807, 2.05) is 11.0 Å². The van der Waals surface area contributed by atoms with Crippen molar-refractivity contribution in [3.05, 3.63) is 66.5 Å². The van der Waals surface area contributed by atoms with E-state index >= 15 is 0 Å². The second-order valence-corrected chi connectivity index (χ2v) is 6.22. The van der Waals surface area contributed by atoms with Gasteiger partial charge in [-0.05, 0) is 36.8 Å². The van der Waals surface area contributed by atoms with Gasteiger partial charge < -0.3 is 15.1 Å². The van der Waals surface area contributed by atoms with Crippen LogP contribution in [0.5, 0.6) is 0 Å². The van der Waals surface area contributed by atoms with Crippen LogP contribution >= 0.6 is 0 Å². The first-order valence-corrected chi connectivity index (χ1v) is 8.59. The Labute approximate surface area is 149 Å². The lowest BCUT2D eigenvalue weighted by Crippen LogP contribution is -2.49. The lowest BCUT2D eigenvalue weighted by Gasteiger charge is -2.36. The minimum absolute atomic E-state index is 0.000775. The molecular formula is C20H24N4O. The number of aromatic nitrogens is 1. The minimum Gasteiger partial charge on any atom is -0.380 e. The van der Waals surface area contributed by atoms with Gasteiger partial charge in [0.2, 0.25) is 0 Å². The van der Waals surface area contributed by atoms with Crippen LogP contribution in [0.25, 0.3) is 0 Å². The summed E-state index contributed by atoms with van der Waals surface area (Å²) >= 11 is 0. The van der Waals surface area contributed by atoms with Crippen molar-refractivity contribution in [1.82, 2.24) is 9.88 Å². The molecule has 3 rings (SSSR count). The second kappa shape index (κ2) is 7.83. The van der Waals surface area contributed by atoms with Crippen LogP contribution in [-0.4, -0.2) is 48.5 Å². The molecule has 1 aliphatic heterocycles. The molecule has 0 spiro atoms. The molecule has 0 aliphatic carbocycles. The zero-order chi connectivity index (χ0) is 17.6. The molecule has 1 aromatic carbocycles. The highest BCUT2D eigenvalue weighted by Gasteiger charge is 2.23. The summed E-state index contributed by atoms with van der Waals surface area (Å²) in [5.74, 6) is -0.000775. The van der Waals surface area contributed by atoms with Gasteiger partial charge in [0, 0.05) is 38.4 Å². The van der Waals surface area contributed by atoms with Crippen molar-refractivity contribution < 1.29 is 4.79 Å². The van der Waals surface area contributed by atoms with Gasteiger partial charge in [0.1, 0.15) is 5.69 Å². The van der Waals surface area contributed by atoms with Gasteiger partial charge in [0.05, 0.1) is 11.9 Å². The van der Waals surface area contributed by atoms with Crippen LogP contribution in [0.2, 0.25) is 0 Å². The summed E-state index contributed by atoms with van der Waals surface area (Å²) in [5.41, 5.74) is 3.86. The number of anilines is 2. The van der Waals surface area contributed by atoms with Crippen molar-refractivity contribution in [3.63, 3.8) is 0 Å². The van der Waals surface area contributed by atoms with Crippen molar-refractivity contribution in [2.24, 2.45) is 0 Å². The maximum atomic E-state index is 12.6. The standard InChI is InChI=1S/C20H24N4O/c1-3-9-21-17-7-8-19(22-15-17)20(25)24-12-10-23(11-13-24)18-6-4-5-16(2)14-18/h3-8,14-15,21H,1,9-13H2,2H3. The van der Waals surface area contributed by atoms with Gasteiger partial charge in [-0.15, -0.1) is 6.58 Å². The van der Waals surface area contributed by atoms with E-state index in [1.165, 1.54) is 11.3 Å². The number of rotatable bonds is 5. The van der Waals surface area contributed by atoms with Crippen molar-refractivity contribution in [1.29, 1.82) is 0 Å². The Hall–Kier alpha value is -2.82. The van der Waals surface area contributed by atoms with Gasteiger partial charge in [0.15, 0.2) is 0 Å². The van der Waals surface area contributed by atoms with Gasteiger partial charge in [0.25, 0.3) is 5.91 Å². The number of pyridine rings is 1. The van der Waals surface area contributed by atoms with Crippen molar-refractivity contribution in [2.75, 3.05) is 42.9 Å². The average Bonchev–Trinajstić information content (AvgIpc) is 2.66. The molecule has 5 heteroatoms. The summed E-state index contributed by atoms with van der Waals surface area (Å²) in [6.07, 6.45) is 3.48. The van der Waals surface area contributed by atoms with Crippen LogP contribution in [0.3, 0.4) is 0 Å². The molecule has 0 unspecified atom stereocenters. The van der Waals surface area contributed by atoms with Crippen LogP contribution in [-0.2, 0) is 0 Å². The Balaban J connectivity index is 1.58.